The average Bonchev–Trinajstić information content (AvgIpc) is 3.25. The first-order valence-electron chi connectivity index (χ1n) is 10.3. The number of amides is 1. The Labute approximate surface area is 191 Å². The lowest BCUT2D eigenvalue weighted by Crippen LogP contribution is -2.41. The maximum Gasteiger partial charge on any atom is 0.271 e. The van der Waals surface area contributed by atoms with Gasteiger partial charge in [-0.05, 0) is 53.4 Å². The van der Waals surface area contributed by atoms with Gasteiger partial charge >= 0.3 is 0 Å². The van der Waals surface area contributed by atoms with Crippen molar-refractivity contribution in [3.8, 4) is 11.4 Å². The SMILES string of the molecule is COc1cn(C)c(C(=O)N2CCC(c3cn(-c4ccc(F)c(Br)c4)nn3)C23CC3)cc1=O. The average molecular weight is 502 g/mol. The van der Waals surface area contributed by atoms with E-state index in [-0.39, 0.29) is 34.4 Å². The highest BCUT2D eigenvalue weighted by molar-refractivity contribution is 9.10. The first-order chi connectivity index (χ1) is 15.3. The number of ether oxygens (including phenoxy) is 1. The van der Waals surface area contributed by atoms with Crippen molar-refractivity contribution >= 4 is 21.8 Å². The quantitative estimate of drug-likeness (QED) is 0.548. The largest absolute Gasteiger partial charge is 0.491 e. The van der Waals surface area contributed by atoms with Gasteiger partial charge in [-0.25, -0.2) is 9.07 Å². The van der Waals surface area contributed by atoms with Crippen molar-refractivity contribution in [3.63, 3.8) is 0 Å². The van der Waals surface area contributed by atoms with Gasteiger partial charge < -0.3 is 14.2 Å². The molecule has 1 spiro atoms. The molecule has 2 fully saturated rings. The second-order valence-electron chi connectivity index (χ2n) is 8.29. The van der Waals surface area contributed by atoms with E-state index in [2.05, 4.69) is 26.2 Å². The zero-order valence-corrected chi connectivity index (χ0v) is 19.2. The summed E-state index contributed by atoms with van der Waals surface area (Å²) in [4.78, 5) is 27.5. The number of hydrogen-bond acceptors (Lipinski definition) is 5. The summed E-state index contributed by atoms with van der Waals surface area (Å²) in [5.41, 5.74) is 1.21. The van der Waals surface area contributed by atoms with Crippen molar-refractivity contribution in [2.75, 3.05) is 13.7 Å². The van der Waals surface area contributed by atoms with E-state index in [1.807, 2.05) is 11.1 Å². The highest BCUT2D eigenvalue weighted by atomic mass is 79.9. The molecule has 8 nitrogen and oxygen atoms in total. The predicted molar refractivity (Wildman–Crippen MR) is 118 cm³/mol. The number of aryl methyl sites for hydroxylation is 1. The van der Waals surface area contributed by atoms with Crippen molar-refractivity contribution in [2.24, 2.45) is 7.05 Å². The lowest BCUT2D eigenvalue weighted by atomic mass is 9.94. The molecule has 0 radical (unpaired) electrons. The highest BCUT2D eigenvalue weighted by Gasteiger charge is 2.60. The fourth-order valence-electron chi connectivity index (χ4n) is 4.71. The van der Waals surface area contributed by atoms with Crippen molar-refractivity contribution in [1.82, 2.24) is 24.5 Å². The third-order valence-electron chi connectivity index (χ3n) is 6.51. The second kappa shape index (κ2) is 7.54. The Morgan fingerprint density at radius 3 is 2.75 bits per heavy atom. The number of nitrogens with zero attached hydrogens (tertiary/aromatic N) is 5. The molecule has 1 atom stereocenters. The van der Waals surface area contributed by atoms with Gasteiger partial charge in [0.15, 0.2) is 5.75 Å². The van der Waals surface area contributed by atoms with Crippen molar-refractivity contribution in [1.29, 1.82) is 0 Å². The van der Waals surface area contributed by atoms with Crippen LogP contribution in [-0.2, 0) is 7.05 Å². The Bertz CT molecular complexity index is 1280. The molecule has 10 heteroatoms. The molecular weight excluding hydrogens is 481 g/mol. The van der Waals surface area contributed by atoms with Crippen LogP contribution in [0.1, 0.15) is 41.4 Å². The lowest BCUT2D eigenvalue weighted by molar-refractivity contribution is 0.0697. The molecule has 0 bridgehead atoms. The number of carbonyl (C=O) groups is 1. The molecular formula is C22H21BrFN5O3. The molecule has 1 amide bonds. The van der Waals surface area contributed by atoms with Gasteiger partial charge in [0.25, 0.3) is 5.91 Å². The zero-order valence-electron chi connectivity index (χ0n) is 17.6. The van der Waals surface area contributed by atoms with Crippen molar-refractivity contribution in [3.05, 3.63) is 68.6 Å². The molecule has 2 aliphatic rings. The normalized spacial score (nSPS) is 18.9. The van der Waals surface area contributed by atoms with Gasteiger partial charge in [-0.2, -0.15) is 0 Å². The number of carbonyl (C=O) groups excluding carboxylic acids is 1. The van der Waals surface area contributed by atoms with Crippen molar-refractivity contribution < 1.29 is 13.9 Å². The molecule has 2 aromatic heterocycles. The molecule has 5 rings (SSSR count). The van der Waals surface area contributed by atoms with Crippen LogP contribution in [0.25, 0.3) is 5.69 Å². The summed E-state index contributed by atoms with van der Waals surface area (Å²) in [6.45, 7) is 0.582. The minimum Gasteiger partial charge on any atom is -0.491 e. The van der Waals surface area contributed by atoms with E-state index in [1.165, 1.54) is 25.4 Å². The Kier molecular flexibility index (Phi) is 4.92. The van der Waals surface area contributed by atoms with Gasteiger partial charge in [0.2, 0.25) is 5.43 Å². The number of benzene rings is 1. The van der Waals surface area contributed by atoms with Crippen LogP contribution in [0.15, 0.2) is 45.9 Å². The molecule has 166 valence electrons. The van der Waals surface area contributed by atoms with Gasteiger partial charge in [-0.3, -0.25) is 9.59 Å². The topological polar surface area (TPSA) is 82.2 Å². The number of halogens is 2. The molecule has 1 saturated carbocycles. The van der Waals surface area contributed by atoms with E-state index in [4.69, 9.17) is 4.74 Å². The second-order valence-corrected chi connectivity index (χ2v) is 9.14. The smallest absolute Gasteiger partial charge is 0.271 e. The fourth-order valence-corrected chi connectivity index (χ4v) is 5.08. The Balaban J connectivity index is 1.42. The molecule has 3 heterocycles. The van der Waals surface area contributed by atoms with E-state index in [0.29, 0.717) is 22.4 Å². The van der Waals surface area contributed by atoms with Crippen molar-refractivity contribution in [2.45, 2.75) is 30.7 Å². The lowest BCUT2D eigenvalue weighted by Gasteiger charge is -2.28. The van der Waals surface area contributed by atoms with Crippen LogP contribution in [0.3, 0.4) is 0 Å². The first-order valence-corrected chi connectivity index (χ1v) is 11.1. The summed E-state index contributed by atoms with van der Waals surface area (Å²) in [5.74, 6) is -0.251. The summed E-state index contributed by atoms with van der Waals surface area (Å²) in [5, 5.41) is 8.61. The number of pyridine rings is 1. The minimum absolute atomic E-state index is 0.0550. The van der Waals surface area contributed by atoms with Gasteiger partial charge in [0.05, 0.1) is 40.9 Å². The minimum atomic E-state index is -0.344. The van der Waals surface area contributed by atoms with Gasteiger partial charge in [0.1, 0.15) is 11.5 Å². The van der Waals surface area contributed by atoms with Crippen LogP contribution in [0, 0.1) is 5.82 Å². The number of rotatable bonds is 4. The van der Waals surface area contributed by atoms with Crippen LogP contribution in [0.2, 0.25) is 0 Å². The Morgan fingerprint density at radius 2 is 2.06 bits per heavy atom. The molecule has 32 heavy (non-hydrogen) atoms. The molecule has 1 aliphatic heterocycles. The monoisotopic (exact) mass is 501 g/mol. The summed E-state index contributed by atoms with van der Waals surface area (Å²) < 4.78 is 22.2. The molecule has 1 aromatic carbocycles. The Morgan fingerprint density at radius 1 is 1.28 bits per heavy atom. The summed E-state index contributed by atoms with van der Waals surface area (Å²) >= 11 is 3.20. The third-order valence-corrected chi connectivity index (χ3v) is 7.12. The van der Waals surface area contributed by atoms with Gasteiger partial charge in [-0.15, -0.1) is 5.10 Å². The molecule has 0 N–H and O–H groups in total. The molecule has 1 unspecified atom stereocenters. The van der Waals surface area contributed by atoms with E-state index >= 15 is 0 Å². The van der Waals surface area contributed by atoms with Gasteiger partial charge in [0, 0.05) is 25.6 Å². The van der Waals surface area contributed by atoms with Gasteiger partial charge in [-0.1, -0.05) is 5.21 Å². The van der Waals surface area contributed by atoms with E-state index in [1.54, 1.807) is 28.4 Å². The van der Waals surface area contributed by atoms with E-state index < -0.39 is 0 Å². The van der Waals surface area contributed by atoms with Crippen LogP contribution in [-0.4, -0.2) is 49.6 Å². The van der Waals surface area contributed by atoms with E-state index in [0.717, 1.165) is 25.0 Å². The van der Waals surface area contributed by atoms with Crippen LogP contribution in [0.4, 0.5) is 4.39 Å². The van der Waals surface area contributed by atoms with Crippen LogP contribution >= 0.6 is 15.9 Å². The number of aromatic nitrogens is 4. The van der Waals surface area contributed by atoms with Crippen LogP contribution in [0.5, 0.6) is 5.75 Å². The number of methoxy groups -OCH3 is 1. The maximum atomic E-state index is 13.6. The third kappa shape index (κ3) is 3.24. The van der Waals surface area contributed by atoms with Crippen LogP contribution < -0.4 is 10.2 Å². The standard InChI is InChI=1S/C22H21BrFN5O3/c1-27-12-20(32-2)19(30)10-18(27)21(31)28-8-5-14(22(28)6-7-22)17-11-29(26-25-17)13-3-4-16(24)15(23)9-13/h3-4,9-12,14H,5-8H2,1-2H3. The summed E-state index contributed by atoms with van der Waals surface area (Å²) in [6.07, 6.45) is 5.91. The first kappa shape index (κ1) is 20.9. The maximum absolute atomic E-state index is 13.6. The van der Waals surface area contributed by atoms with E-state index in [9.17, 15) is 14.0 Å². The summed E-state index contributed by atoms with van der Waals surface area (Å²) in [6, 6.07) is 6.00. The number of hydrogen-bond donors (Lipinski definition) is 0. The Hall–Kier alpha value is -3.01. The number of likely N-dealkylation sites (tertiary alicyclic amines) is 1. The molecule has 1 aliphatic carbocycles. The fraction of sp³-hybridized carbons (Fsp3) is 0.364. The molecule has 1 saturated heterocycles. The highest BCUT2D eigenvalue weighted by Crippen LogP contribution is 2.57. The zero-order chi connectivity index (χ0) is 22.6. The summed E-state index contributed by atoms with van der Waals surface area (Å²) in [7, 11) is 3.16. The predicted octanol–water partition coefficient (Wildman–Crippen LogP) is 3.04. The molecule has 3 aromatic rings.